The van der Waals surface area contributed by atoms with Crippen LogP contribution in [0.15, 0.2) is 18.3 Å². The second-order valence-electron chi connectivity index (χ2n) is 6.67. The Morgan fingerprint density at radius 2 is 2.09 bits per heavy atom. The molecule has 0 spiro atoms. The molecule has 22 heavy (non-hydrogen) atoms. The Balaban J connectivity index is 1.75. The number of nitrogens with zero attached hydrogens (tertiary/aromatic N) is 3. The summed E-state index contributed by atoms with van der Waals surface area (Å²) in [4.78, 5) is 21.0. The first-order valence-electron chi connectivity index (χ1n) is 8.20. The minimum absolute atomic E-state index is 0.0550. The van der Waals surface area contributed by atoms with Crippen LogP contribution in [0.1, 0.15) is 42.5 Å². The van der Waals surface area contributed by atoms with Gasteiger partial charge < -0.3 is 14.9 Å². The van der Waals surface area contributed by atoms with Crippen molar-refractivity contribution in [1.82, 2.24) is 9.88 Å². The van der Waals surface area contributed by atoms with Gasteiger partial charge in [0.15, 0.2) is 0 Å². The zero-order valence-electron chi connectivity index (χ0n) is 13.4. The predicted molar refractivity (Wildman–Crippen MR) is 86.0 cm³/mol. The van der Waals surface area contributed by atoms with Crippen LogP contribution in [0.4, 0.5) is 5.82 Å². The maximum atomic E-state index is 12.8. The van der Waals surface area contributed by atoms with Crippen LogP contribution in [0, 0.1) is 5.92 Å². The molecule has 3 rings (SSSR count). The second kappa shape index (κ2) is 6.24. The van der Waals surface area contributed by atoms with Gasteiger partial charge in [-0.2, -0.15) is 0 Å². The standard InChI is InChI=1S/C17H25N3O2/c1-19(2)16-9-8-12(11-18-16)17(22)20-10-4-6-14(20)13-5-3-7-15(13)21/h8-9,11,13-15,21H,3-7,10H2,1-2H3. The highest BCUT2D eigenvalue weighted by molar-refractivity contribution is 5.94. The number of hydrogen-bond donors (Lipinski definition) is 1. The van der Waals surface area contributed by atoms with Crippen LogP contribution in [0.25, 0.3) is 0 Å². The number of anilines is 1. The molecular formula is C17H25N3O2. The SMILES string of the molecule is CN(C)c1ccc(C(=O)N2CCCC2C2CCCC2O)cn1. The molecule has 2 aliphatic rings. The highest BCUT2D eigenvalue weighted by Crippen LogP contribution is 2.36. The molecular weight excluding hydrogens is 278 g/mol. The molecule has 5 nitrogen and oxygen atoms in total. The summed E-state index contributed by atoms with van der Waals surface area (Å²) in [5, 5.41) is 10.2. The Kier molecular flexibility index (Phi) is 4.34. The van der Waals surface area contributed by atoms with Crippen molar-refractivity contribution >= 4 is 11.7 Å². The number of rotatable bonds is 3. The number of likely N-dealkylation sites (tertiary alicyclic amines) is 1. The third-order valence-electron chi connectivity index (χ3n) is 5.04. The van der Waals surface area contributed by atoms with Crippen LogP contribution in [0.3, 0.4) is 0 Å². The summed E-state index contributed by atoms with van der Waals surface area (Å²) in [5.74, 6) is 1.15. The number of aliphatic hydroxyl groups is 1. The van der Waals surface area contributed by atoms with E-state index in [1.165, 1.54) is 0 Å². The Morgan fingerprint density at radius 1 is 1.27 bits per heavy atom. The van der Waals surface area contributed by atoms with Crippen LogP contribution in [0.2, 0.25) is 0 Å². The van der Waals surface area contributed by atoms with E-state index < -0.39 is 0 Å². The molecule has 1 N–H and O–H groups in total. The van der Waals surface area contributed by atoms with E-state index in [0.717, 1.165) is 44.5 Å². The van der Waals surface area contributed by atoms with Crippen LogP contribution in [-0.4, -0.2) is 53.7 Å². The number of carbonyl (C=O) groups excluding carboxylic acids is 1. The summed E-state index contributed by atoms with van der Waals surface area (Å²) >= 11 is 0. The minimum Gasteiger partial charge on any atom is -0.393 e. The van der Waals surface area contributed by atoms with Crippen molar-refractivity contribution in [3.8, 4) is 0 Å². The van der Waals surface area contributed by atoms with Crippen molar-refractivity contribution in [2.45, 2.75) is 44.2 Å². The van der Waals surface area contributed by atoms with E-state index in [4.69, 9.17) is 0 Å². The first-order chi connectivity index (χ1) is 10.6. The van der Waals surface area contributed by atoms with Crippen LogP contribution < -0.4 is 4.90 Å². The summed E-state index contributed by atoms with van der Waals surface area (Å²) in [7, 11) is 3.86. The van der Waals surface area contributed by atoms with Gasteiger partial charge in [-0.1, -0.05) is 6.42 Å². The quantitative estimate of drug-likeness (QED) is 0.927. The number of carbonyl (C=O) groups is 1. The van der Waals surface area contributed by atoms with Crippen LogP contribution in [0.5, 0.6) is 0 Å². The molecule has 1 saturated heterocycles. The fraction of sp³-hybridized carbons (Fsp3) is 0.647. The normalized spacial score (nSPS) is 28.1. The monoisotopic (exact) mass is 303 g/mol. The summed E-state index contributed by atoms with van der Waals surface area (Å²) in [6.07, 6.45) is 6.45. The fourth-order valence-corrected chi connectivity index (χ4v) is 3.85. The van der Waals surface area contributed by atoms with E-state index in [2.05, 4.69) is 4.98 Å². The average molecular weight is 303 g/mol. The Bertz CT molecular complexity index is 529. The smallest absolute Gasteiger partial charge is 0.255 e. The largest absolute Gasteiger partial charge is 0.393 e. The van der Waals surface area contributed by atoms with Crippen LogP contribution >= 0.6 is 0 Å². The number of amides is 1. The molecule has 1 aromatic heterocycles. The van der Waals surface area contributed by atoms with Crippen LogP contribution in [-0.2, 0) is 0 Å². The highest BCUT2D eigenvalue weighted by atomic mass is 16.3. The van der Waals surface area contributed by atoms with Crippen molar-refractivity contribution in [1.29, 1.82) is 0 Å². The van der Waals surface area contributed by atoms with Gasteiger partial charge in [-0.25, -0.2) is 4.98 Å². The molecule has 1 aliphatic heterocycles. The summed E-state index contributed by atoms with van der Waals surface area (Å²) in [6.45, 7) is 0.794. The Morgan fingerprint density at radius 3 is 2.68 bits per heavy atom. The second-order valence-corrected chi connectivity index (χ2v) is 6.67. The predicted octanol–water partition coefficient (Wildman–Crippen LogP) is 1.91. The van der Waals surface area contributed by atoms with Gasteiger partial charge in [0.05, 0.1) is 11.7 Å². The zero-order valence-corrected chi connectivity index (χ0v) is 13.4. The molecule has 0 aromatic carbocycles. The number of aliphatic hydroxyl groups excluding tert-OH is 1. The summed E-state index contributed by atoms with van der Waals surface area (Å²) < 4.78 is 0. The Hall–Kier alpha value is -1.62. The molecule has 120 valence electrons. The molecule has 2 heterocycles. The van der Waals surface area contributed by atoms with E-state index in [-0.39, 0.29) is 24.0 Å². The van der Waals surface area contributed by atoms with Crippen molar-refractivity contribution in [2.24, 2.45) is 5.92 Å². The number of pyridine rings is 1. The van der Waals surface area contributed by atoms with Gasteiger partial charge in [-0.3, -0.25) is 4.79 Å². The van der Waals surface area contributed by atoms with Crippen molar-refractivity contribution in [2.75, 3.05) is 25.5 Å². The molecule has 1 saturated carbocycles. The lowest BCUT2D eigenvalue weighted by Gasteiger charge is -2.31. The first-order valence-corrected chi connectivity index (χ1v) is 8.20. The number of aromatic nitrogens is 1. The van der Waals surface area contributed by atoms with Crippen molar-refractivity contribution < 1.29 is 9.90 Å². The van der Waals surface area contributed by atoms with Crippen molar-refractivity contribution in [3.63, 3.8) is 0 Å². The van der Waals surface area contributed by atoms with Gasteiger partial charge >= 0.3 is 0 Å². The molecule has 1 aliphatic carbocycles. The molecule has 2 fully saturated rings. The van der Waals surface area contributed by atoms with Gasteiger partial charge in [-0.15, -0.1) is 0 Å². The van der Waals surface area contributed by atoms with E-state index in [9.17, 15) is 9.90 Å². The summed E-state index contributed by atoms with van der Waals surface area (Å²) in [5.41, 5.74) is 0.644. The highest BCUT2D eigenvalue weighted by Gasteiger charge is 2.40. The fourth-order valence-electron chi connectivity index (χ4n) is 3.85. The molecule has 0 radical (unpaired) electrons. The van der Waals surface area contributed by atoms with Gasteiger partial charge in [0, 0.05) is 38.8 Å². The molecule has 3 atom stereocenters. The summed E-state index contributed by atoms with van der Waals surface area (Å²) in [6, 6.07) is 3.92. The van der Waals surface area contributed by atoms with E-state index in [1.54, 1.807) is 6.20 Å². The Labute approximate surface area is 131 Å². The minimum atomic E-state index is -0.243. The maximum absolute atomic E-state index is 12.8. The van der Waals surface area contributed by atoms with Gasteiger partial charge in [0.1, 0.15) is 5.82 Å². The lowest BCUT2D eigenvalue weighted by atomic mass is 9.94. The van der Waals surface area contributed by atoms with E-state index in [0.29, 0.717) is 5.56 Å². The van der Waals surface area contributed by atoms with Gasteiger partial charge in [0.25, 0.3) is 5.91 Å². The van der Waals surface area contributed by atoms with E-state index in [1.807, 2.05) is 36.0 Å². The number of hydrogen-bond acceptors (Lipinski definition) is 4. The first kappa shape index (κ1) is 15.3. The topological polar surface area (TPSA) is 56.7 Å². The molecule has 1 amide bonds. The molecule has 0 bridgehead atoms. The lowest BCUT2D eigenvalue weighted by Crippen LogP contribution is -2.42. The molecule has 1 aromatic rings. The van der Waals surface area contributed by atoms with Gasteiger partial charge in [-0.05, 0) is 37.8 Å². The maximum Gasteiger partial charge on any atom is 0.255 e. The molecule has 3 unspecified atom stereocenters. The van der Waals surface area contributed by atoms with Crippen molar-refractivity contribution in [3.05, 3.63) is 23.9 Å². The zero-order chi connectivity index (χ0) is 15.7. The van der Waals surface area contributed by atoms with E-state index >= 15 is 0 Å². The lowest BCUT2D eigenvalue weighted by molar-refractivity contribution is 0.0527. The average Bonchev–Trinajstić information content (AvgIpc) is 3.14. The third-order valence-corrected chi connectivity index (χ3v) is 5.04. The molecule has 5 heteroatoms. The van der Waals surface area contributed by atoms with Gasteiger partial charge in [0.2, 0.25) is 0 Å². The third kappa shape index (κ3) is 2.82.